The van der Waals surface area contributed by atoms with E-state index in [1.54, 1.807) is 6.92 Å². The summed E-state index contributed by atoms with van der Waals surface area (Å²) in [5, 5.41) is 7.51. The van der Waals surface area contributed by atoms with Gasteiger partial charge in [0.15, 0.2) is 0 Å². The van der Waals surface area contributed by atoms with Crippen LogP contribution in [-0.2, 0) is 0 Å². The molecule has 0 saturated carbocycles. The second-order valence-corrected chi connectivity index (χ2v) is 3.57. The van der Waals surface area contributed by atoms with Crippen LogP contribution in [0, 0.1) is 5.41 Å². The van der Waals surface area contributed by atoms with Gasteiger partial charge in [-0.05, 0) is 23.6 Å². The van der Waals surface area contributed by atoms with E-state index in [2.05, 4.69) is 37.4 Å². The zero-order valence-electron chi connectivity index (χ0n) is 10.1. The molecule has 0 saturated heterocycles. The van der Waals surface area contributed by atoms with Crippen LogP contribution in [-0.4, -0.2) is 5.71 Å². The fraction of sp³-hybridized carbons (Fsp3) is 0.0625. The highest BCUT2D eigenvalue weighted by molar-refractivity contribution is 5.96. The van der Waals surface area contributed by atoms with Gasteiger partial charge >= 0.3 is 0 Å². The smallest absolute Gasteiger partial charge is 0.0355 e. The van der Waals surface area contributed by atoms with Crippen LogP contribution in [0.3, 0.4) is 0 Å². The molecule has 2 aromatic carbocycles. The van der Waals surface area contributed by atoms with Gasteiger partial charge in [0.2, 0.25) is 0 Å². The highest BCUT2D eigenvalue weighted by atomic mass is 14.4. The second-order valence-electron chi connectivity index (χ2n) is 3.57. The number of rotatable bonds is 2. The van der Waals surface area contributed by atoms with Gasteiger partial charge in [0, 0.05) is 5.71 Å². The maximum Gasteiger partial charge on any atom is 0.0355 e. The molecule has 2 rings (SSSR count). The fourth-order valence-electron chi connectivity index (χ4n) is 1.54. The van der Waals surface area contributed by atoms with Crippen LogP contribution in [0.2, 0.25) is 0 Å². The number of nitrogens with one attached hydrogen (secondary N) is 1. The molecule has 0 heterocycles. The van der Waals surface area contributed by atoms with Crippen molar-refractivity contribution in [2.75, 3.05) is 0 Å². The van der Waals surface area contributed by atoms with Crippen LogP contribution >= 0.6 is 0 Å². The van der Waals surface area contributed by atoms with Crippen molar-refractivity contribution in [3.63, 3.8) is 0 Å². The summed E-state index contributed by atoms with van der Waals surface area (Å²) in [4.78, 5) is 0. The van der Waals surface area contributed by atoms with Gasteiger partial charge in [0.25, 0.3) is 0 Å². The summed E-state index contributed by atoms with van der Waals surface area (Å²) in [6.45, 7) is 7.80. The molecule has 0 aliphatic heterocycles. The topological polar surface area (TPSA) is 23.9 Å². The average molecular weight is 223 g/mol. The summed E-state index contributed by atoms with van der Waals surface area (Å²) < 4.78 is 0. The van der Waals surface area contributed by atoms with E-state index < -0.39 is 0 Å². The standard InChI is InChI=1S/C14H13N.C2H4/c1-11(15)12-7-9-14(10-8-12)13-5-3-2-4-6-13;1-2/h2-10,15H,1H3;1-2H2. The van der Waals surface area contributed by atoms with Crippen LogP contribution in [0.4, 0.5) is 0 Å². The first-order chi connectivity index (χ1) is 8.27. The zero-order chi connectivity index (χ0) is 12.7. The van der Waals surface area contributed by atoms with Crippen LogP contribution in [0.1, 0.15) is 12.5 Å². The van der Waals surface area contributed by atoms with Crippen molar-refractivity contribution >= 4 is 5.71 Å². The molecule has 0 atom stereocenters. The minimum Gasteiger partial charge on any atom is -0.305 e. The molecule has 0 radical (unpaired) electrons. The van der Waals surface area contributed by atoms with E-state index in [4.69, 9.17) is 5.41 Å². The van der Waals surface area contributed by atoms with Crippen molar-refractivity contribution in [3.05, 3.63) is 73.3 Å². The number of benzene rings is 2. The molecular formula is C16H17N. The van der Waals surface area contributed by atoms with Crippen LogP contribution in [0.25, 0.3) is 11.1 Å². The molecule has 86 valence electrons. The lowest BCUT2D eigenvalue weighted by molar-refractivity contribution is 1.45. The van der Waals surface area contributed by atoms with Gasteiger partial charge < -0.3 is 5.41 Å². The molecule has 0 unspecified atom stereocenters. The van der Waals surface area contributed by atoms with Gasteiger partial charge in [-0.3, -0.25) is 0 Å². The van der Waals surface area contributed by atoms with Crippen molar-refractivity contribution in [2.45, 2.75) is 6.92 Å². The summed E-state index contributed by atoms with van der Waals surface area (Å²) >= 11 is 0. The summed E-state index contributed by atoms with van der Waals surface area (Å²) in [5.41, 5.74) is 4.00. The normalized spacial score (nSPS) is 9.00. The van der Waals surface area contributed by atoms with Gasteiger partial charge in [-0.25, -0.2) is 0 Å². The maximum atomic E-state index is 7.51. The van der Waals surface area contributed by atoms with E-state index in [-0.39, 0.29) is 0 Å². The largest absolute Gasteiger partial charge is 0.305 e. The SMILES string of the molecule is C=C.CC(=N)c1ccc(-c2ccccc2)cc1. The van der Waals surface area contributed by atoms with E-state index in [9.17, 15) is 0 Å². The van der Waals surface area contributed by atoms with Gasteiger partial charge in [-0.1, -0.05) is 54.6 Å². The molecule has 2 aromatic rings. The second kappa shape index (κ2) is 6.44. The Balaban J connectivity index is 0.000000686. The molecule has 17 heavy (non-hydrogen) atoms. The third-order valence-electron chi connectivity index (χ3n) is 2.43. The third-order valence-corrected chi connectivity index (χ3v) is 2.43. The summed E-state index contributed by atoms with van der Waals surface area (Å²) in [5.74, 6) is 0. The van der Waals surface area contributed by atoms with Crippen molar-refractivity contribution in [1.29, 1.82) is 5.41 Å². The Kier molecular flexibility index (Phi) is 4.89. The minimum absolute atomic E-state index is 0.606. The zero-order valence-corrected chi connectivity index (χ0v) is 10.1. The first kappa shape index (κ1) is 12.9. The van der Waals surface area contributed by atoms with Gasteiger partial charge in [-0.15, -0.1) is 13.2 Å². The summed E-state index contributed by atoms with van der Waals surface area (Å²) in [6, 6.07) is 18.4. The molecular weight excluding hydrogens is 206 g/mol. The van der Waals surface area contributed by atoms with Gasteiger partial charge in [0.1, 0.15) is 0 Å². The molecule has 0 aliphatic rings. The highest BCUT2D eigenvalue weighted by Crippen LogP contribution is 2.19. The van der Waals surface area contributed by atoms with Gasteiger partial charge in [-0.2, -0.15) is 0 Å². The van der Waals surface area contributed by atoms with E-state index in [1.165, 1.54) is 11.1 Å². The maximum absolute atomic E-state index is 7.51. The predicted molar refractivity (Wildman–Crippen MR) is 75.6 cm³/mol. The first-order valence-corrected chi connectivity index (χ1v) is 5.48. The van der Waals surface area contributed by atoms with Gasteiger partial charge in [0.05, 0.1) is 0 Å². The average Bonchev–Trinajstić information content (AvgIpc) is 2.42. The predicted octanol–water partition coefficient (Wildman–Crippen LogP) is 4.54. The Morgan fingerprint density at radius 3 is 1.76 bits per heavy atom. The molecule has 0 bridgehead atoms. The molecule has 0 spiro atoms. The van der Waals surface area contributed by atoms with Crippen LogP contribution < -0.4 is 0 Å². The Morgan fingerprint density at radius 1 is 0.824 bits per heavy atom. The Bertz CT molecular complexity index is 469. The van der Waals surface area contributed by atoms with E-state index >= 15 is 0 Å². The van der Waals surface area contributed by atoms with E-state index in [0.29, 0.717) is 5.71 Å². The Hall–Kier alpha value is -2.15. The molecule has 1 N–H and O–H groups in total. The minimum atomic E-state index is 0.606. The molecule has 1 heteroatoms. The quantitative estimate of drug-likeness (QED) is 0.570. The number of hydrogen-bond donors (Lipinski definition) is 1. The molecule has 0 aromatic heterocycles. The van der Waals surface area contributed by atoms with Crippen LogP contribution in [0.5, 0.6) is 0 Å². The molecule has 0 aliphatic carbocycles. The number of hydrogen-bond acceptors (Lipinski definition) is 1. The van der Waals surface area contributed by atoms with Crippen molar-refractivity contribution in [1.82, 2.24) is 0 Å². The Labute approximate surface area is 103 Å². The van der Waals surface area contributed by atoms with Crippen molar-refractivity contribution < 1.29 is 0 Å². The highest BCUT2D eigenvalue weighted by Gasteiger charge is 1.97. The summed E-state index contributed by atoms with van der Waals surface area (Å²) in [6.07, 6.45) is 0. The first-order valence-electron chi connectivity index (χ1n) is 5.48. The van der Waals surface area contributed by atoms with Crippen molar-refractivity contribution in [2.24, 2.45) is 0 Å². The molecule has 0 amide bonds. The summed E-state index contributed by atoms with van der Waals surface area (Å²) in [7, 11) is 0. The lowest BCUT2D eigenvalue weighted by atomic mass is 10.0. The van der Waals surface area contributed by atoms with Crippen molar-refractivity contribution in [3.8, 4) is 11.1 Å². The van der Waals surface area contributed by atoms with E-state index in [1.807, 2.05) is 30.3 Å². The lowest BCUT2D eigenvalue weighted by Crippen LogP contribution is -1.90. The molecule has 0 fully saturated rings. The third kappa shape index (κ3) is 3.42. The monoisotopic (exact) mass is 223 g/mol. The van der Waals surface area contributed by atoms with Crippen LogP contribution in [0.15, 0.2) is 67.8 Å². The Morgan fingerprint density at radius 2 is 1.29 bits per heavy atom. The molecule has 1 nitrogen and oxygen atoms in total. The lowest BCUT2D eigenvalue weighted by Gasteiger charge is -2.02. The fourth-order valence-corrected chi connectivity index (χ4v) is 1.54. The van der Waals surface area contributed by atoms with E-state index in [0.717, 1.165) is 5.56 Å².